The fraction of sp³-hybridized carbons (Fsp3) is 0.231. The van der Waals surface area contributed by atoms with Crippen molar-refractivity contribution in [3.8, 4) is 11.3 Å². The molecule has 1 aromatic carbocycles. The SMILES string of the molecule is O=C1OCC[C@@H]1Sc1nc(-c2ccc(F)cc2)cs1. The number of rotatable bonds is 3. The van der Waals surface area contributed by atoms with Crippen LogP contribution < -0.4 is 0 Å². The first-order valence-electron chi connectivity index (χ1n) is 5.77. The first-order valence-corrected chi connectivity index (χ1v) is 7.53. The molecule has 19 heavy (non-hydrogen) atoms. The van der Waals surface area contributed by atoms with Crippen LogP contribution in [0, 0.1) is 5.82 Å². The predicted molar refractivity (Wildman–Crippen MR) is 72.7 cm³/mol. The summed E-state index contributed by atoms with van der Waals surface area (Å²) in [6.45, 7) is 0.493. The number of esters is 1. The summed E-state index contributed by atoms with van der Waals surface area (Å²) in [6, 6.07) is 6.22. The van der Waals surface area contributed by atoms with Crippen molar-refractivity contribution in [1.29, 1.82) is 0 Å². The van der Waals surface area contributed by atoms with Gasteiger partial charge in [-0.3, -0.25) is 4.79 Å². The maximum absolute atomic E-state index is 12.8. The lowest BCUT2D eigenvalue weighted by Gasteiger charge is -2.00. The number of nitrogens with zero attached hydrogens (tertiary/aromatic N) is 1. The van der Waals surface area contributed by atoms with E-state index in [4.69, 9.17) is 4.74 Å². The summed E-state index contributed by atoms with van der Waals surface area (Å²) in [6.07, 6.45) is 0.731. The van der Waals surface area contributed by atoms with Crippen LogP contribution in [0.4, 0.5) is 4.39 Å². The zero-order valence-electron chi connectivity index (χ0n) is 9.84. The molecule has 0 radical (unpaired) electrons. The Hall–Kier alpha value is -1.40. The molecule has 1 aliphatic rings. The lowest BCUT2D eigenvalue weighted by molar-refractivity contribution is -0.137. The predicted octanol–water partition coefficient (Wildman–Crippen LogP) is 3.36. The van der Waals surface area contributed by atoms with Gasteiger partial charge in [-0.05, 0) is 24.3 Å². The Morgan fingerprint density at radius 3 is 2.84 bits per heavy atom. The summed E-state index contributed by atoms with van der Waals surface area (Å²) in [5.41, 5.74) is 1.68. The van der Waals surface area contributed by atoms with Gasteiger partial charge in [0.1, 0.15) is 11.1 Å². The highest BCUT2D eigenvalue weighted by molar-refractivity contribution is 8.02. The van der Waals surface area contributed by atoms with Gasteiger partial charge in [0, 0.05) is 17.4 Å². The van der Waals surface area contributed by atoms with Crippen molar-refractivity contribution < 1.29 is 13.9 Å². The van der Waals surface area contributed by atoms with Gasteiger partial charge in [0.25, 0.3) is 0 Å². The van der Waals surface area contributed by atoms with Crippen LogP contribution >= 0.6 is 23.1 Å². The number of cyclic esters (lactones) is 1. The van der Waals surface area contributed by atoms with Crippen LogP contribution in [0.25, 0.3) is 11.3 Å². The summed E-state index contributed by atoms with van der Waals surface area (Å²) >= 11 is 2.92. The molecule has 6 heteroatoms. The van der Waals surface area contributed by atoms with Crippen molar-refractivity contribution in [2.45, 2.75) is 16.0 Å². The molecule has 1 aromatic heterocycles. The minimum atomic E-state index is -0.262. The first-order chi connectivity index (χ1) is 9.22. The number of carbonyl (C=O) groups is 1. The van der Waals surface area contributed by atoms with Gasteiger partial charge in [-0.1, -0.05) is 11.8 Å². The molecule has 2 aromatic rings. The van der Waals surface area contributed by atoms with Crippen LogP contribution in [0.15, 0.2) is 34.0 Å². The number of benzene rings is 1. The molecule has 1 fully saturated rings. The van der Waals surface area contributed by atoms with Gasteiger partial charge in [-0.15, -0.1) is 11.3 Å². The molecular weight excluding hydrogens is 285 g/mol. The number of thiazole rings is 1. The number of halogens is 1. The van der Waals surface area contributed by atoms with E-state index in [1.807, 2.05) is 5.38 Å². The second-order valence-electron chi connectivity index (χ2n) is 4.07. The fourth-order valence-electron chi connectivity index (χ4n) is 1.77. The van der Waals surface area contributed by atoms with Gasteiger partial charge in [-0.25, -0.2) is 9.37 Å². The quantitative estimate of drug-likeness (QED) is 0.814. The Kier molecular flexibility index (Phi) is 3.52. The Bertz CT molecular complexity index is 597. The average Bonchev–Trinajstić information content (AvgIpc) is 3.01. The van der Waals surface area contributed by atoms with Crippen molar-refractivity contribution in [2.75, 3.05) is 6.61 Å². The van der Waals surface area contributed by atoms with E-state index in [2.05, 4.69) is 4.98 Å². The Labute approximate surface area is 117 Å². The minimum absolute atomic E-state index is 0.146. The van der Waals surface area contributed by atoms with Crippen LogP contribution in [0.5, 0.6) is 0 Å². The number of hydrogen-bond donors (Lipinski definition) is 0. The molecule has 0 N–H and O–H groups in total. The van der Waals surface area contributed by atoms with Crippen LogP contribution in [-0.4, -0.2) is 22.8 Å². The highest BCUT2D eigenvalue weighted by Crippen LogP contribution is 2.34. The van der Waals surface area contributed by atoms with Gasteiger partial charge in [0.2, 0.25) is 0 Å². The van der Waals surface area contributed by atoms with Crippen LogP contribution in [0.1, 0.15) is 6.42 Å². The average molecular weight is 295 g/mol. The maximum Gasteiger partial charge on any atom is 0.319 e. The molecule has 1 aliphatic heterocycles. The summed E-state index contributed by atoms with van der Waals surface area (Å²) < 4.78 is 18.6. The largest absolute Gasteiger partial charge is 0.465 e. The number of thioether (sulfide) groups is 1. The molecule has 3 rings (SSSR count). The molecule has 2 heterocycles. The standard InChI is InChI=1S/C13H10FNO2S2/c14-9-3-1-8(2-4-9)10-7-18-13(15-10)19-11-5-6-17-12(11)16/h1-4,7,11H,5-6H2/t11-/m0/s1. The lowest BCUT2D eigenvalue weighted by atomic mass is 10.2. The smallest absolute Gasteiger partial charge is 0.319 e. The minimum Gasteiger partial charge on any atom is -0.465 e. The van der Waals surface area contributed by atoms with E-state index in [0.717, 1.165) is 22.0 Å². The molecule has 0 unspecified atom stereocenters. The maximum atomic E-state index is 12.8. The van der Waals surface area contributed by atoms with Gasteiger partial charge < -0.3 is 4.74 Å². The number of hydrogen-bond acceptors (Lipinski definition) is 5. The van der Waals surface area contributed by atoms with Crippen molar-refractivity contribution in [3.63, 3.8) is 0 Å². The zero-order valence-corrected chi connectivity index (χ0v) is 11.5. The Balaban J connectivity index is 1.75. The highest BCUT2D eigenvalue weighted by atomic mass is 32.2. The van der Waals surface area contributed by atoms with Crippen LogP contribution in [0.3, 0.4) is 0 Å². The van der Waals surface area contributed by atoms with Crippen molar-refractivity contribution in [3.05, 3.63) is 35.5 Å². The van der Waals surface area contributed by atoms with E-state index in [-0.39, 0.29) is 17.0 Å². The molecule has 1 atom stereocenters. The number of aromatic nitrogens is 1. The van der Waals surface area contributed by atoms with Gasteiger partial charge >= 0.3 is 5.97 Å². The summed E-state index contributed by atoms with van der Waals surface area (Å²) in [5, 5.41) is 1.77. The van der Waals surface area contributed by atoms with Gasteiger partial charge in [0.05, 0.1) is 12.3 Å². The molecule has 0 saturated carbocycles. The monoisotopic (exact) mass is 295 g/mol. The highest BCUT2D eigenvalue weighted by Gasteiger charge is 2.28. The van der Waals surface area contributed by atoms with Gasteiger partial charge in [-0.2, -0.15) is 0 Å². The Morgan fingerprint density at radius 1 is 1.37 bits per heavy atom. The van der Waals surface area contributed by atoms with Crippen molar-refractivity contribution in [1.82, 2.24) is 4.98 Å². The summed E-state index contributed by atoms with van der Waals surface area (Å²) in [4.78, 5) is 15.8. The molecule has 0 bridgehead atoms. The Morgan fingerprint density at radius 2 is 2.16 bits per heavy atom. The topological polar surface area (TPSA) is 39.2 Å². The fourth-order valence-corrected chi connectivity index (χ4v) is 3.81. The van der Waals surface area contributed by atoms with Crippen LogP contribution in [0.2, 0.25) is 0 Å². The number of ether oxygens (including phenoxy) is 1. The normalized spacial score (nSPS) is 18.6. The molecule has 0 aliphatic carbocycles. The summed E-state index contributed by atoms with van der Waals surface area (Å²) in [7, 11) is 0. The molecule has 98 valence electrons. The van der Waals surface area contributed by atoms with E-state index in [0.29, 0.717) is 6.61 Å². The third-order valence-corrected chi connectivity index (χ3v) is 4.97. The summed E-state index contributed by atoms with van der Waals surface area (Å²) in [5.74, 6) is -0.425. The van der Waals surface area contributed by atoms with E-state index in [1.165, 1.54) is 35.2 Å². The molecule has 0 amide bonds. The van der Waals surface area contributed by atoms with E-state index in [1.54, 1.807) is 12.1 Å². The van der Waals surface area contributed by atoms with E-state index in [9.17, 15) is 9.18 Å². The lowest BCUT2D eigenvalue weighted by Crippen LogP contribution is -2.08. The molecular formula is C13H10FNO2S2. The second kappa shape index (κ2) is 5.30. The van der Waals surface area contributed by atoms with E-state index >= 15 is 0 Å². The zero-order chi connectivity index (χ0) is 13.2. The number of carbonyl (C=O) groups excluding carboxylic acids is 1. The molecule has 1 saturated heterocycles. The first kappa shape index (κ1) is 12.6. The van der Waals surface area contributed by atoms with Crippen molar-refractivity contribution in [2.24, 2.45) is 0 Å². The van der Waals surface area contributed by atoms with Crippen molar-refractivity contribution >= 4 is 29.1 Å². The molecule has 3 nitrogen and oxygen atoms in total. The van der Waals surface area contributed by atoms with Gasteiger partial charge in [0.15, 0.2) is 4.34 Å². The third kappa shape index (κ3) is 2.79. The second-order valence-corrected chi connectivity index (χ2v) is 6.38. The van der Waals surface area contributed by atoms with E-state index < -0.39 is 0 Å². The molecule has 0 spiro atoms. The van der Waals surface area contributed by atoms with Crippen LogP contribution in [-0.2, 0) is 9.53 Å². The third-order valence-electron chi connectivity index (χ3n) is 2.75.